The molecule has 0 saturated carbocycles. The van der Waals surface area contributed by atoms with E-state index in [4.69, 9.17) is 5.11 Å². The van der Waals surface area contributed by atoms with Crippen molar-refractivity contribution in [2.45, 2.75) is 31.9 Å². The Morgan fingerprint density at radius 2 is 1.92 bits per heavy atom. The fraction of sp³-hybridized carbons (Fsp3) is 0.875. The summed E-state index contributed by atoms with van der Waals surface area (Å²) >= 11 is 0.989. The first-order valence-corrected chi connectivity index (χ1v) is 5.05. The number of carbonyl (C=O) groups is 1. The van der Waals surface area contributed by atoms with Crippen LogP contribution in [0.25, 0.3) is 0 Å². The Balaban J connectivity index is 3.95. The molecule has 0 bridgehead atoms. The molecule has 0 aliphatic heterocycles. The van der Waals surface area contributed by atoms with Gasteiger partial charge in [0.2, 0.25) is 0 Å². The first kappa shape index (κ1) is 12.7. The normalized spacial score (nSPS) is 14.6. The Hall–Kier alpha value is -0.320. The van der Waals surface area contributed by atoms with Crippen LogP contribution in [0.15, 0.2) is 0 Å². The number of alkyl halides is 2. The third-order valence-electron chi connectivity index (χ3n) is 1.78. The first-order chi connectivity index (χ1) is 5.77. The lowest BCUT2D eigenvalue weighted by Gasteiger charge is -2.17. The van der Waals surface area contributed by atoms with E-state index in [1.54, 1.807) is 0 Å². The number of carboxylic acid groups (broad SMARTS) is 1. The average Bonchev–Trinajstić information content (AvgIpc) is 1.99. The molecule has 0 aromatic rings. The van der Waals surface area contributed by atoms with E-state index in [0.29, 0.717) is 0 Å². The van der Waals surface area contributed by atoms with Gasteiger partial charge in [0.25, 0.3) is 0 Å². The van der Waals surface area contributed by atoms with E-state index in [1.165, 1.54) is 0 Å². The fourth-order valence-corrected chi connectivity index (χ4v) is 1.47. The van der Waals surface area contributed by atoms with E-state index in [2.05, 4.69) is 0 Å². The minimum Gasteiger partial charge on any atom is -0.477 e. The Labute approximate surface area is 80.7 Å². The molecule has 1 atom stereocenters. The highest BCUT2D eigenvalue weighted by Crippen LogP contribution is 2.26. The lowest BCUT2D eigenvalue weighted by molar-refractivity contribution is -0.161. The smallest absolute Gasteiger partial charge is 0.375 e. The summed E-state index contributed by atoms with van der Waals surface area (Å²) < 4.78 is 25.1. The summed E-state index contributed by atoms with van der Waals surface area (Å²) in [7, 11) is 0. The summed E-state index contributed by atoms with van der Waals surface area (Å²) in [5.74, 6) is -6.03. The third-order valence-corrected chi connectivity index (χ3v) is 3.38. The minimum absolute atomic E-state index is 0.0465. The molecular weight excluding hydrogens is 198 g/mol. The SMILES string of the molecule is CC(C)C(C)SCC(F)(F)C(=O)O. The molecule has 0 rings (SSSR count). The van der Waals surface area contributed by atoms with Crippen molar-refractivity contribution >= 4 is 17.7 Å². The van der Waals surface area contributed by atoms with Crippen LogP contribution in [-0.2, 0) is 4.79 Å². The standard InChI is InChI=1S/C8H14F2O2S/c1-5(2)6(3)13-4-8(9,10)7(11)12/h5-6H,4H2,1-3H3,(H,11,12). The summed E-state index contributed by atoms with van der Waals surface area (Å²) in [6.45, 7) is 5.64. The molecular formula is C8H14F2O2S. The van der Waals surface area contributed by atoms with Gasteiger partial charge in [0, 0.05) is 5.25 Å². The van der Waals surface area contributed by atoms with Gasteiger partial charge in [0.1, 0.15) is 0 Å². The monoisotopic (exact) mass is 212 g/mol. The first-order valence-electron chi connectivity index (χ1n) is 4.00. The molecule has 1 unspecified atom stereocenters. The van der Waals surface area contributed by atoms with Crippen LogP contribution in [0.3, 0.4) is 0 Å². The van der Waals surface area contributed by atoms with Crippen molar-refractivity contribution in [1.82, 2.24) is 0 Å². The summed E-state index contributed by atoms with van der Waals surface area (Å²) in [5, 5.41) is 8.18. The second-order valence-electron chi connectivity index (χ2n) is 3.27. The van der Waals surface area contributed by atoms with Crippen LogP contribution in [0.5, 0.6) is 0 Å². The van der Waals surface area contributed by atoms with Crippen LogP contribution >= 0.6 is 11.8 Å². The molecule has 0 radical (unpaired) electrons. The molecule has 13 heavy (non-hydrogen) atoms. The second-order valence-corrected chi connectivity index (χ2v) is 4.64. The molecule has 78 valence electrons. The van der Waals surface area contributed by atoms with Gasteiger partial charge < -0.3 is 5.11 Å². The van der Waals surface area contributed by atoms with Gasteiger partial charge in [0.15, 0.2) is 0 Å². The van der Waals surface area contributed by atoms with Crippen LogP contribution in [0.2, 0.25) is 0 Å². The van der Waals surface area contributed by atoms with Gasteiger partial charge in [-0.3, -0.25) is 0 Å². The maximum absolute atomic E-state index is 12.5. The van der Waals surface area contributed by atoms with Crippen molar-refractivity contribution in [1.29, 1.82) is 0 Å². The van der Waals surface area contributed by atoms with Gasteiger partial charge in [-0.15, -0.1) is 0 Å². The predicted molar refractivity (Wildman–Crippen MR) is 49.3 cm³/mol. The Morgan fingerprint density at radius 1 is 1.46 bits per heavy atom. The van der Waals surface area contributed by atoms with Gasteiger partial charge in [-0.1, -0.05) is 20.8 Å². The summed E-state index contributed by atoms with van der Waals surface area (Å²) in [5.41, 5.74) is 0. The van der Waals surface area contributed by atoms with Crippen molar-refractivity contribution in [2.24, 2.45) is 5.92 Å². The average molecular weight is 212 g/mol. The van der Waals surface area contributed by atoms with Gasteiger partial charge in [0.05, 0.1) is 5.75 Å². The zero-order chi connectivity index (χ0) is 10.6. The van der Waals surface area contributed by atoms with Gasteiger partial charge in [-0.05, 0) is 5.92 Å². The Kier molecular flexibility index (Phi) is 4.67. The number of hydrogen-bond acceptors (Lipinski definition) is 2. The molecule has 0 saturated heterocycles. The molecule has 5 heteroatoms. The number of hydrogen-bond donors (Lipinski definition) is 1. The van der Waals surface area contributed by atoms with Gasteiger partial charge in [-0.2, -0.15) is 20.5 Å². The van der Waals surface area contributed by atoms with E-state index in [1.807, 2.05) is 20.8 Å². The molecule has 0 aromatic heterocycles. The third kappa shape index (κ3) is 4.45. The molecule has 0 spiro atoms. The molecule has 2 nitrogen and oxygen atoms in total. The zero-order valence-corrected chi connectivity index (χ0v) is 8.70. The van der Waals surface area contributed by atoms with E-state index in [9.17, 15) is 13.6 Å². The van der Waals surface area contributed by atoms with Crippen molar-refractivity contribution in [3.8, 4) is 0 Å². The highest BCUT2D eigenvalue weighted by Gasteiger charge is 2.39. The van der Waals surface area contributed by atoms with Crippen LogP contribution in [0, 0.1) is 5.92 Å². The molecule has 0 aliphatic carbocycles. The fourth-order valence-electron chi connectivity index (χ4n) is 0.490. The number of halogens is 2. The van der Waals surface area contributed by atoms with Crippen LogP contribution < -0.4 is 0 Å². The lowest BCUT2D eigenvalue weighted by atomic mass is 10.2. The van der Waals surface area contributed by atoms with Gasteiger partial charge >= 0.3 is 11.9 Å². The summed E-state index contributed by atoms with van der Waals surface area (Å²) in [6, 6.07) is 0. The largest absolute Gasteiger partial charge is 0.477 e. The van der Waals surface area contributed by atoms with E-state index >= 15 is 0 Å². The molecule has 0 heterocycles. The highest BCUT2D eigenvalue weighted by molar-refractivity contribution is 8.00. The Morgan fingerprint density at radius 3 is 2.23 bits per heavy atom. The van der Waals surface area contributed by atoms with E-state index in [-0.39, 0.29) is 11.2 Å². The van der Waals surface area contributed by atoms with Crippen molar-refractivity contribution in [3.63, 3.8) is 0 Å². The topological polar surface area (TPSA) is 37.3 Å². The van der Waals surface area contributed by atoms with Crippen molar-refractivity contribution in [2.75, 3.05) is 5.75 Å². The van der Waals surface area contributed by atoms with Crippen molar-refractivity contribution < 1.29 is 18.7 Å². The summed E-state index contributed by atoms with van der Waals surface area (Å²) in [4.78, 5) is 10.0. The predicted octanol–water partition coefficient (Wildman–Crippen LogP) is 2.48. The molecule has 0 aliphatic rings. The quantitative estimate of drug-likeness (QED) is 0.760. The molecule has 0 amide bonds. The van der Waals surface area contributed by atoms with Crippen molar-refractivity contribution in [3.05, 3.63) is 0 Å². The molecule has 1 N–H and O–H groups in total. The lowest BCUT2D eigenvalue weighted by Crippen LogP contribution is -2.32. The Bertz CT molecular complexity index is 183. The second kappa shape index (κ2) is 4.79. The van der Waals surface area contributed by atoms with E-state index < -0.39 is 17.6 Å². The number of carboxylic acids is 1. The number of rotatable bonds is 5. The highest BCUT2D eigenvalue weighted by atomic mass is 32.2. The maximum atomic E-state index is 12.5. The van der Waals surface area contributed by atoms with Crippen LogP contribution in [-0.4, -0.2) is 28.0 Å². The van der Waals surface area contributed by atoms with Crippen LogP contribution in [0.1, 0.15) is 20.8 Å². The zero-order valence-electron chi connectivity index (χ0n) is 7.88. The van der Waals surface area contributed by atoms with E-state index in [0.717, 1.165) is 11.8 Å². The number of thioether (sulfide) groups is 1. The molecule has 0 fully saturated rings. The number of aliphatic carboxylic acids is 1. The summed E-state index contributed by atoms with van der Waals surface area (Å²) in [6.07, 6.45) is 0. The molecule has 0 aromatic carbocycles. The van der Waals surface area contributed by atoms with Gasteiger partial charge in [-0.25, -0.2) is 4.79 Å². The minimum atomic E-state index is -3.60. The van der Waals surface area contributed by atoms with Crippen LogP contribution in [0.4, 0.5) is 8.78 Å². The maximum Gasteiger partial charge on any atom is 0.375 e.